The van der Waals surface area contributed by atoms with Crippen molar-refractivity contribution in [2.24, 2.45) is 0 Å². The maximum absolute atomic E-state index is 13.3. The zero-order valence-electron chi connectivity index (χ0n) is 21.7. The van der Waals surface area contributed by atoms with Gasteiger partial charge in [0.2, 0.25) is 5.91 Å². The van der Waals surface area contributed by atoms with Gasteiger partial charge in [0.05, 0.1) is 24.7 Å². The van der Waals surface area contributed by atoms with Crippen LogP contribution in [0.5, 0.6) is 5.75 Å². The maximum Gasteiger partial charge on any atom is 0.239 e. The van der Waals surface area contributed by atoms with E-state index in [1.54, 1.807) is 24.1 Å². The summed E-state index contributed by atoms with van der Waals surface area (Å²) in [6.07, 6.45) is 3.54. The van der Waals surface area contributed by atoms with Gasteiger partial charge in [-0.1, -0.05) is 30.7 Å². The molecule has 202 valence electrons. The molecule has 0 radical (unpaired) electrons. The lowest BCUT2D eigenvalue weighted by Crippen LogP contribution is -2.51. The summed E-state index contributed by atoms with van der Waals surface area (Å²) in [6.45, 7) is 4.04. The molecule has 2 N–H and O–H groups in total. The van der Waals surface area contributed by atoms with Crippen molar-refractivity contribution >= 4 is 15.7 Å². The van der Waals surface area contributed by atoms with Gasteiger partial charge in [0.15, 0.2) is 9.84 Å². The van der Waals surface area contributed by atoms with Gasteiger partial charge in [0, 0.05) is 31.1 Å². The number of ether oxygens (including phenoxy) is 1. The number of carbonyl (C=O) groups excluding carboxylic acids is 1. The average Bonchev–Trinajstić information content (AvgIpc) is 3.57. The van der Waals surface area contributed by atoms with Crippen molar-refractivity contribution < 1.29 is 22.3 Å². The second-order valence-electron chi connectivity index (χ2n) is 10.4. The fourth-order valence-corrected chi connectivity index (χ4v) is 6.24. The van der Waals surface area contributed by atoms with Crippen LogP contribution in [-0.2, 0) is 21.2 Å². The molecule has 1 saturated carbocycles. The Morgan fingerprint density at radius 3 is 2.43 bits per heavy atom. The van der Waals surface area contributed by atoms with Crippen molar-refractivity contribution in [2.75, 3.05) is 38.2 Å². The molecule has 1 heterocycles. The van der Waals surface area contributed by atoms with Crippen molar-refractivity contribution in [3.63, 3.8) is 0 Å². The molecule has 0 aromatic heterocycles. The molecular weight excluding hydrogens is 493 g/mol. The van der Waals surface area contributed by atoms with Crippen molar-refractivity contribution in [3.8, 4) is 5.75 Å². The number of nitrogens with one attached hydrogen (secondary N) is 2. The first kappa shape index (κ1) is 27.5. The lowest BCUT2D eigenvalue weighted by atomic mass is 10.1. The lowest BCUT2D eigenvalue weighted by Gasteiger charge is -2.31. The summed E-state index contributed by atoms with van der Waals surface area (Å²) < 4.78 is 42.1. The van der Waals surface area contributed by atoms with Gasteiger partial charge in [0.25, 0.3) is 0 Å². The van der Waals surface area contributed by atoms with Gasteiger partial charge in [-0.2, -0.15) is 0 Å². The van der Waals surface area contributed by atoms with Gasteiger partial charge < -0.3 is 20.3 Å². The van der Waals surface area contributed by atoms with E-state index >= 15 is 0 Å². The van der Waals surface area contributed by atoms with Crippen LogP contribution in [0.4, 0.5) is 4.39 Å². The molecule has 1 saturated heterocycles. The Balaban J connectivity index is 1.26. The van der Waals surface area contributed by atoms with E-state index < -0.39 is 15.9 Å². The predicted octanol–water partition coefficient (Wildman–Crippen LogP) is 3.26. The minimum Gasteiger partial charge on any atom is -0.497 e. The van der Waals surface area contributed by atoms with Gasteiger partial charge in [-0.15, -0.1) is 0 Å². The lowest BCUT2D eigenvalue weighted by molar-refractivity contribution is -0.133. The highest BCUT2D eigenvalue weighted by atomic mass is 32.2. The minimum atomic E-state index is -3.06. The molecular formula is C28H38FN3O4S. The van der Waals surface area contributed by atoms with Crippen LogP contribution in [0.25, 0.3) is 0 Å². The largest absolute Gasteiger partial charge is 0.497 e. The smallest absolute Gasteiger partial charge is 0.239 e. The molecule has 3 atom stereocenters. The topological polar surface area (TPSA) is 87.7 Å². The molecule has 9 heteroatoms. The number of amides is 1. The summed E-state index contributed by atoms with van der Waals surface area (Å²) in [7, 11) is -1.39. The number of hydrogen-bond acceptors (Lipinski definition) is 6. The Labute approximate surface area is 219 Å². The quantitative estimate of drug-likeness (QED) is 0.409. The number of benzene rings is 2. The number of methoxy groups -OCH3 is 1. The van der Waals surface area contributed by atoms with E-state index in [0.29, 0.717) is 18.9 Å². The van der Waals surface area contributed by atoms with E-state index in [2.05, 4.69) is 29.7 Å². The Kier molecular flexibility index (Phi) is 8.87. The number of nitrogens with zero attached hydrogens (tertiary/aromatic N) is 1. The average molecular weight is 532 g/mol. The number of unbranched alkanes of at least 4 members (excludes halogenated alkanes) is 1. The summed E-state index contributed by atoms with van der Waals surface area (Å²) in [5.74, 6) is 1.03. The second kappa shape index (κ2) is 11.9. The summed E-state index contributed by atoms with van der Waals surface area (Å²) in [5, 5.41) is 7.04. The van der Waals surface area contributed by atoms with E-state index in [1.165, 1.54) is 17.7 Å². The van der Waals surface area contributed by atoms with Crippen LogP contribution in [0.1, 0.15) is 49.7 Å². The zero-order valence-corrected chi connectivity index (χ0v) is 22.5. The summed E-state index contributed by atoms with van der Waals surface area (Å²) >= 11 is 0. The Morgan fingerprint density at radius 1 is 1.11 bits per heavy atom. The van der Waals surface area contributed by atoms with Gasteiger partial charge in [-0.3, -0.25) is 4.79 Å². The van der Waals surface area contributed by atoms with Crippen LogP contribution in [0.3, 0.4) is 0 Å². The molecule has 0 spiro atoms. The third-order valence-corrected chi connectivity index (χ3v) is 9.23. The first-order chi connectivity index (χ1) is 17.7. The van der Waals surface area contributed by atoms with Crippen LogP contribution >= 0.6 is 0 Å². The number of rotatable bonds is 12. The van der Waals surface area contributed by atoms with Gasteiger partial charge >= 0.3 is 0 Å². The monoisotopic (exact) mass is 531 g/mol. The number of carbonyl (C=O) groups is 1. The molecule has 2 aromatic rings. The SMILES string of the molecule is COc1ccc([C@@H]2C[C@@]2(C)NCCCC[C@H](NCc2ccc(F)cc2)C(=O)N2CCS(=O)(=O)CC2)cc1. The summed E-state index contributed by atoms with van der Waals surface area (Å²) in [6, 6.07) is 14.1. The van der Waals surface area contributed by atoms with Gasteiger partial charge in [0.1, 0.15) is 11.6 Å². The number of sulfone groups is 1. The molecule has 0 bridgehead atoms. The standard InChI is InChI=1S/C28H38FN3O4S/c1-28(19-25(28)22-8-12-24(36-2)13-9-22)31-14-4-3-5-26(30-20-21-6-10-23(29)11-7-21)27(33)32-15-17-37(34,35)18-16-32/h6-13,25-26,30-31H,3-5,14-20H2,1-2H3/t25-,26-,28+/m0/s1. The molecule has 4 rings (SSSR count). The molecule has 37 heavy (non-hydrogen) atoms. The molecule has 7 nitrogen and oxygen atoms in total. The third-order valence-electron chi connectivity index (χ3n) is 7.62. The highest BCUT2D eigenvalue weighted by Gasteiger charge is 2.50. The highest BCUT2D eigenvalue weighted by molar-refractivity contribution is 7.91. The van der Waals surface area contributed by atoms with E-state index in [4.69, 9.17) is 4.74 Å². The van der Waals surface area contributed by atoms with Crippen LogP contribution in [0.2, 0.25) is 0 Å². The molecule has 1 aliphatic carbocycles. The van der Waals surface area contributed by atoms with Crippen LogP contribution in [0, 0.1) is 5.82 Å². The predicted molar refractivity (Wildman–Crippen MR) is 143 cm³/mol. The van der Waals surface area contributed by atoms with Crippen LogP contribution in [-0.4, -0.2) is 69.1 Å². The van der Waals surface area contributed by atoms with E-state index in [1.807, 2.05) is 12.1 Å². The normalized spacial score (nSPS) is 23.4. The van der Waals surface area contributed by atoms with Crippen molar-refractivity contribution in [1.29, 1.82) is 0 Å². The summed E-state index contributed by atoms with van der Waals surface area (Å²) in [5.41, 5.74) is 2.30. The fraction of sp³-hybridized carbons (Fsp3) is 0.536. The van der Waals surface area contributed by atoms with Crippen molar-refractivity contribution in [1.82, 2.24) is 15.5 Å². The van der Waals surface area contributed by atoms with E-state index in [9.17, 15) is 17.6 Å². The molecule has 1 amide bonds. The Morgan fingerprint density at radius 2 is 1.78 bits per heavy atom. The molecule has 2 fully saturated rings. The molecule has 0 unspecified atom stereocenters. The zero-order chi connectivity index (χ0) is 26.5. The van der Waals surface area contributed by atoms with Gasteiger partial charge in [-0.05, 0) is 68.1 Å². The molecule has 2 aliphatic rings. The first-order valence-electron chi connectivity index (χ1n) is 13.1. The second-order valence-corrected chi connectivity index (χ2v) is 12.7. The van der Waals surface area contributed by atoms with Crippen molar-refractivity contribution in [3.05, 3.63) is 65.5 Å². The fourth-order valence-electron chi connectivity index (χ4n) is 5.04. The maximum atomic E-state index is 13.3. The minimum absolute atomic E-state index is 0.0152. The third kappa shape index (κ3) is 7.52. The first-order valence-corrected chi connectivity index (χ1v) is 14.9. The summed E-state index contributed by atoms with van der Waals surface area (Å²) in [4.78, 5) is 14.9. The number of hydrogen-bond donors (Lipinski definition) is 2. The molecule has 1 aliphatic heterocycles. The Bertz CT molecular complexity index is 1140. The molecule has 2 aromatic carbocycles. The highest BCUT2D eigenvalue weighted by Crippen LogP contribution is 2.51. The van der Waals surface area contributed by atoms with Crippen molar-refractivity contribution in [2.45, 2.75) is 56.7 Å². The van der Waals surface area contributed by atoms with Crippen LogP contribution < -0.4 is 15.4 Å². The van der Waals surface area contributed by atoms with E-state index in [-0.39, 0.29) is 41.9 Å². The Hall–Kier alpha value is -2.49. The van der Waals surface area contributed by atoms with E-state index in [0.717, 1.165) is 37.1 Å². The number of halogens is 1. The van der Waals surface area contributed by atoms with Gasteiger partial charge in [-0.25, -0.2) is 12.8 Å². The van der Waals surface area contributed by atoms with Crippen LogP contribution in [0.15, 0.2) is 48.5 Å².